The first-order chi connectivity index (χ1) is 11.9. The molecule has 2 aliphatic heterocycles. The highest BCUT2D eigenvalue weighted by atomic mass is 32.1. The lowest BCUT2D eigenvalue weighted by molar-refractivity contribution is 0.0296. The van der Waals surface area contributed by atoms with Crippen molar-refractivity contribution >= 4 is 16.5 Å². The van der Waals surface area contributed by atoms with E-state index in [2.05, 4.69) is 26.2 Å². The van der Waals surface area contributed by atoms with E-state index in [1.165, 1.54) is 19.4 Å². The normalized spacial score (nSPS) is 22.7. The first-order valence-corrected chi connectivity index (χ1v) is 9.67. The predicted molar refractivity (Wildman–Crippen MR) is 97.5 cm³/mol. The monoisotopic (exact) mass is 344 g/mol. The van der Waals surface area contributed by atoms with Gasteiger partial charge in [0.15, 0.2) is 5.13 Å². The number of aromatic nitrogens is 2. The first-order valence-electron chi connectivity index (χ1n) is 8.79. The number of ether oxygens (including phenoxy) is 1. The molecule has 1 atom stereocenters. The summed E-state index contributed by atoms with van der Waals surface area (Å²) in [6, 6.07) is 4.04. The number of piperidine rings is 1. The standard InChI is InChI=1S/C18H24N4OS/c1-4-16(11-19-5-1)17-14-24-18(20-17)22-6-2-3-15(13-22)12-21-7-9-23-10-8-21/h1,4-5,11,14-15H,2-3,6-10,12-13H2/t15-/m0/s1. The van der Waals surface area contributed by atoms with Crippen LogP contribution in [-0.4, -0.2) is 60.8 Å². The van der Waals surface area contributed by atoms with Gasteiger partial charge in [-0.15, -0.1) is 11.3 Å². The highest BCUT2D eigenvalue weighted by molar-refractivity contribution is 7.14. The van der Waals surface area contributed by atoms with Gasteiger partial charge in [-0.05, 0) is 30.9 Å². The second-order valence-electron chi connectivity index (χ2n) is 6.62. The number of hydrogen-bond donors (Lipinski definition) is 0. The number of anilines is 1. The van der Waals surface area contributed by atoms with Crippen molar-refractivity contribution in [3.8, 4) is 11.3 Å². The minimum atomic E-state index is 0.739. The molecule has 0 radical (unpaired) electrons. The number of nitrogens with zero attached hydrogens (tertiary/aromatic N) is 4. The minimum Gasteiger partial charge on any atom is -0.379 e. The third kappa shape index (κ3) is 3.77. The maximum atomic E-state index is 5.46. The Morgan fingerprint density at radius 3 is 3.00 bits per heavy atom. The Kier molecular flexibility index (Phi) is 5.06. The Hall–Kier alpha value is -1.50. The van der Waals surface area contributed by atoms with Gasteiger partial charge >= 0.3 is 0 Å². The van der Waals surface area contributed by atoms with E-state index in [1.54, 1.807) is 17.5 Å². The van der Waals surface area contributed by atoms with Crippen molar-refractivity contribution in [2.45, 2.75) is 12.8 Å². The summed E-state index contributed by atoms with van der Waals surface area (Å²) in [6.07, 6.45) is 6.28. The summed E-state index contributed by atoms with van der Waals surface area (Å²) in [7, 11) is 0. The molecule has 0 spiro atoms. The van der Waals surface area contributed by atoms with Gasteiger partial charge < -0.3 is 9.64 Å². The first kappa shape index (κ1) is 16.0. The zero-order valence-electron chi connectivity index (χ0n) is 13.9. The zero-order valence-corrected chi connectivity index (χ0v) is 14.7. The summed E-state index contributed by atoms with van der Waals surface area (Å²) >= 11 is 1.75. The van der Waals surface area contributed by atoms with E-state index in [9.17, 15) is 0 Å². The van der Waals surface area contributed by atoms with Crippen molar-refractivity contribution in [2.75, 3.05) is 50.8 Å². The van der Waals surface area contributed by atoms with E-state index in [0.717, 1.165) is 61.7 Å². The van der Waals surface area contributed by atoms with E-state index < -0.39 is 0 Å². The van der Waals surface area contributed by atoms with Crippen molar-refractivity contribution in [3.63, 3.8) is 0 Å². The Bertz CT molecular complexity index is 641. The third-order valence-corrected chi connectivity index (χ3v) is 5.76. The van der Waals surface area contributed by atoms with E-state index in [-0.39, 0.29) is 0 Å². The minimum absolute atomic E-state index is 0.739. The van der Waals surface area contributed by atoms with E-state index in [1.807, 2.05) is 12.3 Å². The number of pyridine rings is 1. The summed E-state index contributed by atoms with van der Waals surface area (Å²) in [6.45, 7) is 7.38. The lowest BCUT2D eigenvalue weighted by Gasteiger charge is -2.36. The second-order valence-corrected chi connectivity index (χ2v) is 7.46. The van der Waals surface area contributed by atoms with Crippen LogP contribution in [0.2, 0.25) is 0 Å². The molecule has 0 bridgehead atoms. The molecular formula is C18H24N4OS. The number of hydrogen-bond acceptors (Lipinski definition) is 6. The average molecular weight is 344 g/mol. The molecule has 24 heavy (non-hydrogen) atoms. The highest BCUT2D eigenvalue weighted by Crippen LogP contribution is 2.30. The van der Waals surface area contributed by atoms with Gasteiger partial charge in [-0.25, -0.2) is 4.98 Å². The molecule has 2 aromatic rings. The molecule has 5 nitrogen and oxygen atoms in total. The molecule has 0 amide bonds. The third-order valence-electron chi connectivity index (χ3n) is 4.86. The van der Waals surface area contributed by atoms with Gasteiger partial charge in [0, 0.05) is 56.1 Å². The molecule has 128 valence electrons. The van der Waals surface area contributed by atoms with Crippen LogP contribution in [0, 0.1) is 5.92 Å². The fourth-order valence-corrected chi connectivity index (χ4v) is 4.46. The van der Waals surface area contributed by atoms with Crippen molar-refractivity contribution < 1.29 is 4.74 Å². The van der Waals surface area contributed by atoms with Crippen LogP contribution in [0.25, 0.3) is 11.3 Å². The van der Waals surface area contributed by atoms with Gasteiger partial charge in [0.05, 0.1) is 18.9 Å². The lowest BCUT2D eigenvalue weighted by atomic mass is 9.97. The molecule has 0 aliphatic carbocycles. The highest BCUT2D eigenvalue weighted by Gasteiger charge is 2.24. The van der Waals surface area contributed by atoms with Gasteiger partial charge in [-0.2, -0.15) is 0 Å². The van der Waals surface area contributed by atoms with E-state index >= 15 is 0 Å². The van der Waals surface area contributed by atoms with Crippen LogP contribution in [0.15, 0.2) is 29.9 Å². The zero-order chi connectivity index (χ0) is 16.2. The SMILES string of the molecule is c1cncc(-c2csc(N3CCC[C@@H](CN4CCOCC4)C3)n2)c1. The number of rotatable bonds is 4. The average Bonchev–Trinajstić information content (AvgIpc) is 3.14. The van der Waals surface area contributed by atoms with Gasteiger partial charge in [0.25, 0.3) is 0 Å². The van der Waals surface area contributed by atoms with Crippen molar-refractivity contribution in [2.24, 2.45) is 5.92 Å². The van der Waals surface area contributed by atoms with Crippen LogP contribution in [0.5, 0.6) is 0 Å². The fourth-order valence-electron chi connectivity index (χ4n) is 3.59. The molecule has 0 unspecified atom stereocenters. The van der Waals surface area contributed by atoms with Crippen LogP contribution in [0.4, 0.5) is 5.13 Å². The Labute approximate surface area is 147 Å². The molecule has 0 N–H and O–H groups in total. The molecule has 2 aliphatic rings. The van der Waals surface area contributed by atoms with E-state index in [0.29, 0.717) is 0 Å². The lowest BCUT2D eigenvalue weighted by Crippen LogP contribution is -2.44. The molecule has 0 aromatic carbocycles. The second kappa shape index (κ2) is 7.59. The summed E-state index contributed by atoms with van der Waals surface area (Å²) in [5.41, 5.74) is 2.14. The maximum Gasteiger partial charge on any atom is 0.185 e. The fraction of sp³-hybridized carbons (Fsp3) is 0.556. The molecule has 4 rings (SSSR count). The molecule has 4 heterocycles. The van der Waals surface area contributed by atoms with Gasteiger partial charge in [-0.1, -0.05) is 0 Å². The van der Waals surface area contributed by atoms with Crippen LogP contribution in [0.3, 0.4) is 0 Å². The quantitative estimate of drug-likeness (QED) is 0.853. The van der Waals surface area contributed by atoms with Crippen molar-refractivity contribution in [3.05, 3.63) is 29.9 Å². The summed E-state index contributed by atoms with van der Waals surface area (Å²) in [5.74, 6) is 0.739. The van der Waals surface area contributed by atoms with Crippen LogP contribution in [0.1, 0.15) is 12.8 Å². The predicted octanol–water partition coefficient (Wildman–Crippen LogP) is 2.75. The summed E-state index contributed by atoms with van der Waals surface area (Å²) in [5, 5.41) is 3.30. The van der Waals surface area contributed by atoms with Crippen LogP contribution < -0.4 is 4.90 Å². The molecular weight excluding hydrogens is 320 g/mol. The number of morpholine rings is 1. The maximum absolute atomic E-state index is 5.46. The Balaban J connectivity index is 1.40. The van der Waals surface area contributed by atoms with Gasteiger partial charge in [-0.3, -0.25) is 9.88 Å². The molecule has 2 aromatic heterocycles. The molecule has 6 heteroatoms. The number of thiazole rings is 1. The molecule has 2 fully saturated rings. The Morgan fingerprint density at radius 2 is 2.17 bits per heavy atom. The van der Waals surface area contributed by atoms with E-state index in [4.69, 9.17) is 9.72 Å². The smallest absolute Gasteiger partial charge is 0.185 e. The Morgan fingerprint density at radius 1 is 1.25 bits per heavy atom. The van der Waals surface area contributed by atoms with Crippen molar-refractivity contribution in [1.29, 1.82) is 0 Å². The van der Waals surface area contributed by atoms with Crippen molar-refractivity contribution in [1.82, 2.24) is 14.9 Å². The van der Waals surface area contributed by atoms with Crippen LogP contribution in [-0.2, 0) is 4.74 Å². The summed E-state index contributed by atoms with van der Waals surface area (Å²) in [4.78, 5) is 14.1. The van der Waals surface area contributed by atoms with Crippen LogP contribution >= 0.6 is 11.3 Å². The largest absolute Gasteiger partial charge is 0.379 e. The summed E-state index contributed by atoms with van der Waals surface area (Å²) < 4.78 is 5.46. The molecule has 2 saturated heterocycles. The molecule has 0 saturated carbocycles. The van der Waals surface area contributed by atoms with Gasteiger partial charge in [0.1, 0.15) is 0 Å². The van der Waals surface area contributed by atoms with Gasteiger partial charge in [0.2, 0.25) is 0 Å². The topological polar surface area (TPSA) is 41.5 Å².